The first-order chi connectivity index (χ1) is 48.7. The van der Waals surface area contributed by atoms with Crippen LogP contribution < -0.4 is 14.2 Å². The number of likely N-dealkylation sites (tertiary alicyclic amines) is 3. The third-order valence-corrected chi connectivity index (χ3v) is 21.0. The minimum atomic E-state index is -4.62. The van der Waals surface area contributed by atoms with E-state index in [4.69, 9.17) is 24.1 Å². The summed E-state index contributed by atoms with van der Waals surface area (Å²) in [6.45, 7) is 11.8. The number of ether oxygens (including phenoxy) is 4. The average Bonchev–Trinajstić information content (AvgIpc) is 1.66. The molecule has 4 amide bonds. The van der Waals surface area contributed by atoms with Crippen LogP contribution in [0.2, 0.25) is 0 Å². The highest BCUT2D eigenvalue weighted by Gasteiger charge is 2.54. The first-order valence-electron chi connectivity index (χ1n) is 34.3. The van der Waals surface area contributed by atoms with Crippen molar-refractivity contribution in [3.63, 3.8) is 0 Å². The second kappa shape index (κ2) is 29.8. The van der Waals surface area contributed by atoms with Crippen LogP contribution in [0, 0.1) is 13.8 Å². The first kappa shape index (κ1) is 78.2. The van der Waals surface area contributed by atoms with Crippen molar-refractivity contribution < 1.29 is 102 Å². The molecular formula is C73H89F12N9O10. The van der Waals surface area contributed by atoms with E-state index < -0.39 is 76.6 Å². The van der Waals surface area contributed by atoms with Crippen LogP contribution in [0.15, 0.2) is 91.0 Å². The molecule has 3 aromatic heterocycles. The number of aliphatic hydroxyl groups excluding tert-OH is 1. The minimum Gasteiger partial charge on any atom is -0.493 e. The Balaban J connectivity index is 0.000000182. The second-order valence-corrected chi connectivity index (χ2v) is 28.0. The van der Waals surface area contributed by atoms with Crippen molar-refractivity contribution in [1.82, 2.24) is 43.1 Å². The molecule has 0 radical (unpaired) electrons. The number of carbonyl (C=O) groups excluding carboxylic acids is 4. The molecule has 31 heteroatoms. The average molecular weight is 1480 g/mol. The Morgan fingerprint density at radius 1 is 0.510 bits per heavy atom. The van der Waals surface area contributed by atoms with Gasteiger partial charge in [0.2, 0.25) is 0 Å². The number of benzene rings is 3. The van der Waals surface area contributed by atoms with Gasteiger partial charge in [-0.2, -0.15) is 52.7 Å². The lowest BCUT2D eigenvalue weighted by Gasteiger charge is -2.52. The standard InChI is InChI=1S/C25H29F6N3O3.C25H30F3N3O4.C23H28F3N3O3.H2/c1-16(2)37-18-5-4-17(14-19(18)36-3)22(35)32-10-8-23(9-11-32)20-6-7-21(25(29,30)31)34(20)13-12-33(23)15-24(26,27)28;1-16-15-17(5-6-18(16)23(2,3)34)21(32)29-11-9-24(10-12-29)19-7-8-20(25(26,27)28)30(19)13-14-31(24)22(33)35-4;1-16-15-17(3-4-18(16)32-14-13-30)21(31)28-9-7-22(8-10-28)19-5-6-20(23(24,25)26)29(19)12-11-27(22)2;/h4-7,14,16H,8-13,15H2,1-3H3;5-8,15,34H,9-14H2,1-4H3;3-6,15,30H,7-14H2,1-2H3;1H. The number of hydrogen-bond donors (Lipinski definition) is 2. The van der Waals surface area contributed by atoms with Crippen molar-refractivity contribution in [3.8, 4) is 17.2 Å². The summed E-state index contributed by atoms with van der Waals surface area (Å²) in [7, 11) is 4.66. The van der Waals surface area contributed by atoms with Crippen molar-refractivity contribution in [2.45, 2.75) is 153 Å². The number of likely N-dealkylation sites (N-methyl/N-ethyl adjacent to an activating group) is 1. The number of methoxy groups -OCH3 is 2. The SMILES string of the molecule is COC(=O)N1CCn2c(C(F)(F)F)ccc2C12CCN(C(=O)c1ccc(C(C)(C)O)c(C)c1)CC2.COc1cc(C(=O)N2CCC3(CC2)c2ccc(C(F)(F)F)n2CCN3CC(F)(F)F)ccc1OC(C)C.Cc1cc(C(=O)N2CCC3(CC2)c2ccc(C(F)(F)F)n2CCN3C)ccc1OCCO.[HH]. The first-order valence-corrected chi connectivity index (χ1v) is 34.3. The van der Waals surface area contributed by atoms with Gasteiger partial charge < -0.3 is 57.6 Å². The maximum atomic E-state index is 13.6. The van der Waals surface area contributed by atoms with E-state index in [1.807, 2.05) is 34.7 Å². The number of piperidine rings is 3. The zero-order chi connectivity index (χ0) is 76.0. The third-order valence-electron chi connectivity index (χ3n) is 21.0. The van der Waals surface area contributed by atoms with E-state index in [0.717, 1.165) is 33.4 Å². The van der Waals surface area contributed by atoms with Crippen LogP contribution in [0.3, 0.4) is 0 Å². The normalized spacial score (nSPS) is 18.3. The number of halogens is 12. The predicted octanol–water partition coefficient (Wildman–Crippen LogP) is 13.1. The van der Waals surface area contributed by atoms with Gasteiger partial charge in [-0.25, -0.2) is 4.79 Å². The Hall–Kier alpha value is -8.42. The van der Waals surface area contributed by atoms with Crippen molar-refractivity contribution in [1.29, 1.82) is 0 Å². The van der Waals surface area contributed by atoms with Crippen LogP contribution in [0.4, 0.5) is 57.5 Å². The van der Waals surface area contributed by atoms with Gasteiger partial charge in [0.1, 0.15) is 29.4 Å². The van der Waals surface area contributed by atoms with Crippen LogP contribution in [-0.2, 0) is 65.1 Å². The second-order valence-electron chi connectivity index (χ2n) is 28.0. The van der Waals surface area contributed by atoms with Crippen LogP contribution in [0.1, 0.15) is 150 Å². The minimum absolute atomic E-state index is 0. The lowest BCUT2D eigenvalue weighted by Crippen LogP contribution is -2.60. The Morgan fingerprint density at radius 2 is 0.923 bits per heavy atom. The number of rotatable bonds is 11. The molecule has 0 aliphatic carbocycles. The maximum absolute atomic E-state index is 13.6. The fraction of sp³-hybridized carbons (Fsp3) is 0.534. The summed E-state index contributed by atoms with van der Waals surface area (Å²) in [6.07, 6.45) is -16.8. The fourth-order valence-corrected chi connectivity index (χ4v) is 16.0. The van der Waals surface area contributed by atoms with Gasteiger partial charge in [-0.1, -0.05) is 6.07 Å². The van der Waals surface area contributed by atoms with E-state index in [1.165, 1.54) is 56.3 Å². The summed E-state index contributed by atoms with van der Waals surface area (Å²) in [5, 5.41) is 19.2. The lowest BCUT2D eigenvalue weighted by atomic mass is 9.80. The van der Waals surface area contributed by atoms with Gasteiger partial charge >= 0.3 is 30.8 Å². The van der Waals surface area contributed by atoms with Gasteiger partial charge in [-0.3, -0.25) is 29.1 Å². The molecule has 0 atom stereocenters. The number of carbonyl (C=O) groups is 4. The van der Waals surface area contributed by atoms with Gasteiger partial charge in [0.15, 0.2) is 11.5 Å². The number of aryl methyl sites for hydroxylation is 2. The quantitative estimate of drug-likeness (QED) is 0.117. The fourth-order valence-electron chi connectivity index (χ4n) is 16.0. The number of nitrogens with zero attached hydrogens (tertiary/aromatic N) is 9. The Bertz CT molecular complexity index is 4100. The van der Waals surface area contributed by atoms with E-state index in [-0.39, 0.29) is 122 Å². The zero-order valence-electron chi connectivity index (χ0n) is 59.3. The molecule has 12 rings (SSSR count). The zero-order valence-corrected chi connectivity index (χ0v) is 59.3. The summed E-state index contributed by atoms with van der Waals surface area (Å²) < 4.78 is 187. The van der Waals surface area contributed by atoms with Crippen LogP contribution in [-0.4, -0.2) is 189 Å². The van der Waals surface area contributed by atoms with Gasteiger partial charge in [-0.15, -0.1) is 0 Å². The Labute approximate surface area is 595 Å². The van der Waals surface area contributed by atoms with Crippen molar-refractivity contribution in [2.75, 3.05) is 99.9 Å². The van der Waals surface area contributed by atoms with E-state index in [0.29, 0.717) is 84.3 Å². The molecule has 0 saturated carbocycles. The molecule has 3 spiro atoms. The van der Waals surface area contributed by atoms with E-state index in [2.05, 4.69) is 4.90 Å². The molecule has 104 heavy (non-hydrogen) atoms. The third kappa shape index (κ3) is 15.8. The number of amides is 4. The highest BCUT2D eigenvalue weighted by molar-refractivity contribution is 5.96. The van der Waals surface area contributed by atoms with E-state index in [1.54, 1.807) is 84.3 Å². The largest absolute Gasteiger partial charge is 0.493 e. The number of aliphatic hydroxyl groups is 2. The molecule has 6 aromatic rings. The van der Waals surface area contributed by atoms with E-state index >= 15 is 0 Å². The van der Waals surface area contributed by atoms with E-state index in [9.17, 15) is 77.0 Å². The van der Waals surface area contributed by atoms with Crippen LogP contribution in [0.5, 0.6) is 17.2 Å². The van der Waals surface area contributed by atoms with Crippen molar-refractivity contribution in [3.05, 3.63) is 159 Å². The molecule has 6 aliphatic rings. The molecule has 6 aliphatic heterocycles. The molecule has 0 bridgehead atoms. The summed E-state index contributed by atoms with van der Waals surface area (Å²) in [4.78, 5) is 62.0. The van der Waals surface area contributed by atoms with Gasteiger partial charge in [0, 0.05) is 114 Å². The number of hydrogen-bond acceptors (Lipinski definition) is 12. The lowest BCUT2D eigenvalue weighted by molar-refractivity contribution is -0.171. The van der Waals surface area contributed by atoms with Gasteiger partial charge in [0.05, 0.1) is 55.7 Å². The molecule has 19 nitrogen and oxygen atoms in total. The monoisotopic (exact) mass is 1480 g/mol. The maximum Gasteiger partial charge on any atom is 0.431 e. The smallest absolute Gasteiger partial charge is 0.431 e. The Morgan fingerprint density at radius 3 is 1.35 bits per heavy atom. The number of fused-ring (bicyclic) bond motifs is 6. The summed E-state index contributed by atoms with van der Waals surface area (Å²) in [6, 6.07) is 22.6. The molecule has 3 fully saturated rings. The summed E-state index contributed by atoms with van der Waals surface area (Å²) in [5.74, 6) is 0.831. The topological polar surface area (TPSA) is 180 Å². The molecule has 3 aromatic carbocycles. The summed E-state index contributed by atoms with van der Waals surface area (Å²) >= 11 is 0. The summed E-state index contributed by atoms with van der Waals surface area (Å²) in [5.41, 5.74) is -1.03. The molecular weight excluding hydrogens is 1390 g/mol. The highest BCUT2D eigenvalue weighted by atomic mass is 19.4. The van der Waals surface area contributed by atoms with Crippen molar-refractivity contribution in [2.24, 2.45) is 0 Å². The highest BCUT2D eigenvalue weighted by Crippen LogP contribution is 2.49. The van der Waals surface area contributed by atoms with Gasteiger partial charge in [-0.05, 0) is 189 Å². The molecule has 0 unspecified atom stereocenters. The van der Waals surface area contributed by atoms with Crippen LogP contribution in [0.25, 0.3) is 0 Å². The molecule has 9 heterocycles. The molecule has 570 valence electrons. The number of aromatic nitrogens is 3. The Kier molecular flexibility index (Phi) is 22.4. The predicted molar refractivity (Wildman–Crippen MR) is 359 cm³/mol. The number of alkyl halides is 12. The van der Waals surface area contributed by atoms with Gasteiger partial charge in [0.25, 0.3) is 17.7 Å². The van der Waals surface area contributed by atoms with Crippen molar-refractivity contribution >= 4 is 23.8 Å². The molecule has 3 saturated heterocycles. The van der Waals surface area contributed by atoms with Crippen LogP contribution >= 0.6 is 0 Å². The molecule has 2 N–H and O–H groups in total.